The molecule has 0 unspecified atom stereocenters. The van der Waals surface area contributed by atoms with Gasteiger partial charge in [0.1, 0.15) is 0 Å². The quantitative estimate of drug-likeness (QED) is 0.859. The Bertz CT molecular complexity index is 659. The topological polar surface area (TPSA) is 95.7 Å². The molecule has 2 aliphatic heterocycles. The number of hydrogen-bond donors (Lipinski definition) is 2. The fourth-order valence-electron chi connectivity index (χ4n) is 3.44. The van der Waals surface area contributed by atoms with Crippen molar-refractivity contribution < 1.29 is 14.4 Å². The van der Waals surface area contributed by atoms with Crippen molar-refractivity contribution in [3.05, 3.63) is 29.8 Å². The molecule has 0 radical (unpaired) electrons. The van der Waals surface area contributed by atoms with Crippen molar-refractivity contribution in [3.8, 4) is 0 Å². The van der Waals surface area contributed by atoms with E-state index in [1.54, 1.807) is 4.90 Å². The molecule has 25 heavy (non-hydrogen) atoms. The molecule has 0 saturated carbocycles. The summed E-state index contributed by atoms with van der Waals surface area (Å²) in [7, 11) is 0. The van der Waals surface area contributed by atoms with Gasteiger partial charge in [-0.3, -0.25) is 9.59 Å². The summed E-state index contributed by atoms with van der Waals surface area (Å²) in [6, 6.07) is 7.22. The summed E-state index contributed by atoms with van der Waals surface area (Å²) in [6.45, 7) is 2.21. The molecule has 1 aromatic rings. The van der Waals surface area contributed by atoms with E-state index in [2.05, 4.69) is 5.32 Å². The summed E-state index contributed by atoms with van der Waals surface area (Å²) in [4.78, 5) is 38.6. The molecule has 2 saturated heterocycles. The van der Waals surface area contributed by atoms with Gasteiger partial charge in [0.15, 0.2) is 0 Å². The van der Waals surface area contributed by atoms with Crippen LogP contribution >= 0.6 is 0 Å². The zero-order chi connectivity index (χ0) is 17.8. The summed E-state index contributed by atoms with van der Waals surface area (Å²) in [5, 5.41) is 2.93. The van der Waals surface area contributed by atoms with Gasteiger partial charge < -0.3 is 20.9 Å². The van der Waals surface area contributed by atoms with Crippen LogP contribution in [0.3, 0.4) is 0 Å². The molecule has 0 aromatic heterocycles. The van der Waals surface area contributed by atoms with Gasteiger partial charge in [0.25, 0.3) is 0 Å². The predicted molar refractivity (Wildman–Crippen MR) is 93.8 cm³/mol. The smallest absolute Gasteiger partial charge is 0.314 e. The third kappa shape index (κ3) is 4.10. The number of urea groups is 1. The minimum atomic E-state index is -0.468. The molecule has 7 nitrogen and oxygen atoms in total. The Morgan fingerprint density at radius 2 is 1.92 bits per heavy atom. The second-order valence-electron chi connectivity index (χ2n) is 6.66. The maximum absolute atomic E-state index is 12.3. The zero-order valence-electron chi connectivity index (χ0n) is 14.2. The molecule has 0 aliphatic carbocycles. The van der Waals surface area contributed by atoms with E-state index in [1.807, 2.05) is 24.3 Å². The van der Waals surface area contributed by atoms with Gasteiger partial charge in [-0.2, -0.15) is 0 Å². The van der Waals surface area contributed by atoms with E-state index in [0.29, 0.717) is 26.1 Å². The lowest BCUT2D eigenvalue weighted by atomic mass is 9.97. The van der Waals surface area contributed by atoms with Gasteiger partial charge in [0, 0.05) is 38.3 Å². The van der Waals surface area contributed by atoms with Crippen molar-refractivity contribution >= 4 is 23.5 Å². The van der Waals surface area contributed by atoms with Crippen LogP contribution in [0.4, 0.5) is 10.5 Å². The number of likely N-dealkylation sites (tertiary alicyclic amines) is 1. The third-order valence-electron chi connectivity index (χ3n) is 4.89. The number of nitrogens with zero attached hydrogens (tertiary/aromatic N) is 2. The summed E-state index contributed by atoms with van der Waals surface area (Å²) in [5.41, 5.74) is 7.18. The number of hydrogen-bond acceptors (Lipinski definition) is 3. The van der Waals surface area contributed by atoms with Gasteiger partial charge in [-0.15, -0.1) is 0 Å². The highest BCUT2D eigenvalue weighted by atomic mass is 16.2. The molecule has 4 amide bonds. The minimum Gasteiger partial charge on any atom is -0.352 e. The molecular formula is C18H24N4O3. The number of benzene rings is 1. The first-order chi connectivity index (χ1) is 12.0. The van der Waals surface area contributed by atoms with Crippen molar-refractivity contribution in [1.29, 1.82) is 0 Å². The molecule has 2 fully saturated rings. The molecule has 134 valence electrons. The number of anilines is 1. The molecule has 3 N–H and O–H groups in total. The number of piperidine rings is 1. The predicted octanol–water partition coefficient (Wildman–Crippen LogP) is 1.22. The average Bonchev–Trinajstić information content (AvgIpc) is 3.06. The molecule has 2 heterocycles. The first kappa shape index (κ1) is 17.3. The molecule has 7 heteroatoms. The van der Waals surface area contributed by atoms with E-state index >= 15 is 0 Å². The van der Waals surface area contributed by atoms with E-state index in [9.17, 15) is 14.4 Å². The summed E-state index contributed by atoms with van der Waals surface area (Å²) < 4.78 is 0. The first-order valence-electron chi connectivity index (χ1n) is 8.76. The number of carbonyl (C=O) groups is 3. The number of rotatable bonds is 4. The van der Waals surface area contributed by atoms with Crippen LogP contribution in [-0.2, 0) is 16.1 Å². The Morgan fingerprint density at radius 3 is 2.56 bits per heavy atom. The highest BCUT2D eigenvalue weighted by Gasteiger charge is 2.27. The summed E-state index contributed by atoms with van der Waals surface area (Å²) >= 11 is 0. The Hall–Kier alpha value is -2.57. The fourth-order valence-corrected chi connectivity index (χ4v) is 3.44. The monoisotopic (exact) mass is 344 g/mol. The SMILES string of the molecule is NC(=O)N1CCC[C@@H](C(=O)NCc2ccc(N3CCCC3=O)cc2)C1. The number of primary amides is 1. The van der Waals surface area contributed by atoms with E-state index in [-0.39, 0.29) is 17.7 Å². The van der Waals surface area contributed by atoms with Gasteiger partial charge in [-0.1, -0.05) is 12.1 Å². The maximum Gasteiger partial charge on any atom is 0.314 e. The van der Waals surface area contributed by atoms with Crippen LogP contribution in [0.1, 0.15) is 31.2 Å². The first-order valence-corrected chi connectivity index (χ1v) is 8.76. The van der Waals surface area contributed by atoms with Crippen LogP contribution in [0.25, 0.3) is 0 Å². The standard InChI is InChI=1S/C18H24N4O3/c19-18(25)21-9-1-3-14(12-21)17(24)20-11-13-5-7-15(8-6-13)22-10-2-4-16(22)23/h5-8,14H,1-4,9-12H2,(H2,19,25)(H,20,24)/t14-/m1/s1. The van der Waals surface area contributed by atoms with Crippen LogP contribution in [0.5, 0.6) is 0 Å². The summed E-state index contributed by atoms with van der Waals surface area (Å²) in [5.74, 6) is -0.0927. The van der Waals surface area contributed by atoms with E-state index in [1.165, 1.54) is 4.90 Å². The van der Waals surface area contributed by atoms with Gasteiger partial charge in [-0.05, 0) is 37.0 Å². The Morgan fingerprint density at radius 1 is 1.16 bits per heavy atom. The van der Waals surface area contributed by atoms with Crippen LogP contribution in [0.15, 0.2) is 24.3 Å². The van der Waals surface area contributed by atoms with Gasteiger partial charge in [-0.25, -0.2) is 4.79 Å². The van der Waals surface area contributed by atoms with E-state index in [4.69, 9.17) is 5.73 Å². The normalized spacial score (nSPS) is 20.6. The average molecular weight is 344 g/mol. The van der Waals surface area contributed by atoms with Gasteiger partial charge in [0.05, 0.1) is 5.92 Å². The number of amides is 4. The fraction of sp³-hybridized carbons (Fsp3) is 0.500. The van der Waals surface area contributed by atoms with Crippen molar-refractivity contribution in [2.24, 2.45) is 11.7 Å². The third-order valence-corrected chi connectivity index (χ3v) is 4.89. The van der Waals surface area contributed by atoms with Gasteiger partial charge >= 0.3 is 6.03 Å². The number of nitrogens with two attached hydrogens (primary N) is 1. The molecule has 0 spiro atoms. The highest BCUT2D eigenvalue weighted by Crippen LogP contribution is 2.22. The number of nitrogens with one attached hydrogen (secondary N) is 1. The minimum absolute atomic E-state index is 0.0512. The lowest BCUT2D eigenvalue weighted by Gasteiger charge is -2.30. The van der Waals surface area contributed by atoms with Crippen molar-refractivity contribution in [2.75, 3.05) is 24.5 Å². The van der Waals surface area contributed by atoms with E-state index in [0.717, 1.165) is 37.1 Å². The van der Waals surface area contributed by atoms with Crippen molar-refractivity contribution in [3.63, 3.8) is 0 Å². The molecular weight excluding hydrogens is 320 g/mol. The van der Waals surface area contributed by atoms with Crippen molar-refractivity contribution in [1.82, 2.24) is 10.2 Å². The Kier molecular flexibility index (Phi) is 5.21. The lowest BCUT2D eigenvalue weighted by molar-refractivity contribution is -0.126. The number of carbonyl (C=O) groups excluding carboxylic acids is 3. The van der Waals surface area contributed by atoms with Crippen LogP contribution in [-0.4, -0.2) is 42.4 Å². The van der Waals surface area contributed by atoms with Crippen molar-refractivity contribution in [2.45, 2.75) is 32.2 Å². The second kappa shape index (κ2) is 7.55. The van der Waals surface area contributed by atoms with Crippen LogP contribution < -0.4 is 16.0 Å². The largest absolute Gasteiger partial charge is 0.352 e. The van der Waals surface area contributed by atoms with Crippen LogP contribution in [0.2, 0.25) is 0 Å². The maximum atomic E-state index is 12.3. The summed E-state index contributed by atoms with van der Waals surface area (Å²) in [6.07, 6.45) is 3.08. The van der Waals surface area contributed by atoms with Crippen LogP contribution in [0, 0.1) is 5.92 Å². The molecule has 2 aliphatic rings. The molecule has 1 atom stereocenters. The lowest BCUT2D eigenvalue weighted by Crippen LogP contribution is -2.47. The molecule has 3 rings (SSSR count). The Balaban J connectivity index is 1.52. The Labute approximate surface area is 147 Å². The zero-order valence-corrected chi connectivity index (χ0v) is 14.2. The van der Waals surface area contributed by atoms with E-state index < -0.39 is 6.03 Å². The second-order valence-corrected chi connectivity index (χ2v) is 6.66. The molecule has 0 bridgehead atoms. The highest BCUT2D eigenvalue weighted by molar-refractivity contribution is 5.95. The molecule has 1 aromatic carbocycles. The van der Waals surface area contributed by atoms with Gasteiger partial charge in [0.2, 0.25) is 11.8 Å².